The summed E-state index contributed by atoms with van der Waals surface area (Å²) in [6.07, 6.45) is -0.240. The minimum absolute atomic E-state index is 0.0567. The highest BCUT2D eigenvalue weighted by Crippen LogP contribution is 2.16. The molecule has 2 N–H and O–H groups in total. The maximum Gasteiger partial charge on any atom is 0.235 e. The average Bonchev–Trinajstić information content (AvgIpc) is 2.51. The number of pyridine rings is 1. The number of hydrogen-bond acceptors (Lipinski definition) is 3. The number of hydrogen-bond donors (Lipinski definition) is 2. The van der Waals surface area contributed by atoms with Crippen molar-refractivity contribution in [2.24, 2.45) is 0 Å². The molecule has 14 heavy (non-hydrogen) atoms. The van der Waals surface area contributed by atoms with E-state index in [1.807, 2.05) is 0 Å². The predicted molar refractivity (Wildman–Crippen MR) is 47.8 cm³/mol. The number of aryl methyl sites for hydroxylation is 1. The first-order valence-corrected chi connectivity index (χ1v) is 4.32. The minimum atomic E-state index is -0.504. The van der Waals surface area contributed by atoms with E-state index in [4.69, 9.17) is 0 Å². The Hall–Kier alpha value is -1.49. The lowest BCUT2D eigenvalue weighted by atomic mass is 10.1. The second-order valence-electron chi connectivity index (χ2n) is 3.19. The summed E-state index contributed by atoms with van der Waals surface area (Å²) in [6, 6.07) is 2.91. The van der Waals surface area contributed by atoms with E-state index in [0.717, 1.165) is 5.56 Å². The van der Waals surface area contributed by atoms with Crippen LogP contribution in [-0.4, -0.2) is 17.4 Å². The smallest absolute Gasteiger partial charge is 0.235 e. The predicted octanol–water partition coefficient (Wildman–Crippen LogP) is 0.247. The van der Waals surface area contributed by atoms with Crippen molar-refractivity contribution in [2.75, 3.05) is 6.54 Å². The van der Waals surface area contributed by atoms with E-state index in [1.165, 1.54) is 6.07 Å². The molecule has 1 saturated heterocycles. The Labute approximate surface area is 80.5 Å². The van der Waals surface area contributed by atoms with Gasteiger partial charge in [-0.25, -0.2) is 4.98 Å². The third-order valence-electron chi connectivity index (χ3n) is 2.18. The summed E-state index contributed by atoms with van der Waals surface area (Å²) in [5.74, 6) is -0.561. The molecule has 0 bridgehead atoms. The molecule has 1 amide bonds. The van der Waals surface area contributed by atoms with E-state index in [1.54, 1.807) is 13.0 Å². The lowest BCUT2D eigenvalue weighted by Gasteiger charge is -2.12. The van der Waals surface area contributed by atoms with Gasteiger partial charge in [-0.3, -0.25) is 10.1 Å². The molecule has 0 saturated carbocycles. The van der Waals surface area contributed by atoms with Crippen LogP contribution in [0.25, 0.3) is 0 Å². The number of amides is 1. The van der Waals surface area contributed by atoms with E-state index < -0.39 is 5.95 Å². The molecule has 1 atom stereocenters. The van der Waals surface area contributed by atoms with Crippen molar-refractivity contribution < 1.29 is 9.18 Å². The molecular formula is C9H10FN3O. The molecule has 0 radical (unpaired) electrons. The highest BCUT2D eigenvalue weighted by molar-refractivity contribution is 5.80. The van der Waals surface area contributed by atoms with E-state index in [2.05, 4.69) is 15.6 Å². The molecule has 0 spiro atoms. The molecule has 4 nitrogen and oxygen atoms in total. The Morgan fingerprint density at radius 1 is 1.57 bits per heavy atom. The van der Waals surface area contributed by atoms with Gasteiger partial charge in [-0.05, 0) is 19.1 Å². The van der Waals surface area contributed by atoms with Crippen LogP contribution in [0, 0.1) is 12.9 Å². The van der Waals surface area contributed by atoms with E-state index in [-0.39, 0.29) is 12.1 Å². The Morgan fingerprint density at radius 3 is 2.93 bits per heavy atom. The van der Waals surface area contributed by atoms with Gasteiger partial charge < -0.3 is 5.32 Å². The van der Waals surface area contributed by atoms with Crippen LogP contribution in [0.5, 0.6) is 0 Å². The zero-order valence-corrected chi connectivity index (χ0v) is 7.67. The number of carbonyl (C=O) groups excluding carboxylic acids is 1. The van der Waals surface area contributed by atoms with Gasteiger partial charge in [-0.1, -0.05) is 0 Å². The van der Waals surface area contributed by atoms with Crippen LogP contribution in [-0.2, 0) is 4.79 Å². The van der Waals surface area contributed by atoms with Crippen LogP contribution in [0.15, 0.2) is 12.1 Å². The summed E-state index contributed by atoms with van der Waals surface area (Å²) in [6.45, 7) is 2.01. The van der Waals surface area contributed by atoms with Gasteiger partial charge in [0, 0.05) is 11.3 Å². The summed E-state index contributed by atoms with van der Waals surface area (Å²) in [5, 5.41) is 5.68. The molecule has 1 aromatic rings. The maximum absolute atomic E-state index is 12.7. The van der Waals surface area contributed by atoms with Crippen molar-refractivity contribution >= 4 is 5.91 Å². The zero-order chi connectivity index (χ0) is 10.1. The summed E-state index contributed by atoms with van der Waals surface area (Å²) in [4.78, 5) is 14.6. The fourth-order valence-electron chi connectivity index (χ4n) is 1.49. The Balaban J connectivity index is 2.28. The standard InChI is InChI=1S/C9H10FN3O/c1-5-6(2-3-7(10)12-5)9-11-4-8(14)13-9/h2-3,9,11H,4H2,1H3,(H,13,14). The third kappa shape index (κ3) is 1.58. The first kappa shape index (κ1) is 9.08. The second-order valence-corrected chi connectivity index (χ2v) is 3.19. The van der Waals surface area contributed by atoms with Gasteiger partial charge in [0.25, 0.3) is 0 Å². The molecule has 1 aliphatic rings. The number of rotatable bonds is 1. The van der Waals surface area contributed by atoms with Crippen molar-refractivity contribution in [2.45, 2.75) is 13.1 Å². The minimum Gasteiger partial charge on any atom is -0.335 e. The molecule has 0 aliphatic carbocycles. The highest BCUT2D eigenvalue weighted by Gasteiger charge is 2.23. The number of carbonyl (C=O) groups is 1. The van der Waals surface area contributed by atoms with Crippen LogP contribution >= 0.6 is 0 Å². The fourth-order valence-corrected chi connectivity index (χ4v) is 1.49. The van der Waals surface area contributed by atoms with E-state index in [9.17, 15) is 9.18 Å². The monoisotopic (exact) mass is 195 g/mol. The molecular weight excluding hydrogens is 185 g/mol. The van der Waals surface area contributed by atoms with Gasteiger partial charge in [0.2, 0.25) is 11.9 Å². The molecule has 5 heteroatoms. The van der Waals surface area contributed by atoms with Crippen LogP contribution in [0.3, 0.4) is 0 Å². The van der Waals surface area contributed by atoms with Gasteiger partial charge in [0.15, 0.2) is 0 Å². The Bertz CT molecular complexity index is 380. The summed E-state index contributed by atoms with van der Waals surface area (Å²) >= 11 is 0. The molecule has 2 heterocycles. The Morgan fingerprint density at radius 2 is 2.36 bits per heavy atom. The largest absolute Gasteiger partial charge is 0.335 e. The fraction of sp³-hybridized carbons (Fsp3) is 0.333. The van der Waals surface area contributed by atoms with Gasteiger partial charge >= 0.3 is 0 Å². The molecule has 1 unspecified atom stereocenters. The lowest BCUT2D eigenvalue weighted by Crippen LogP contribution is -2.24. The molecule has 1 fully saturated rings. The number of aromatic nitrogens is 1. The van der Waals surface area contributed by atoms with Crippen LogP contribution in [0.4, 0.5) is 4.39 Å². The second kappa shape index (κ2) is 3.34. The van der Waals surface area contributed by atoms with Crippen LogP contribution < -0.4 is 10.6 Å². The summed E-state index contributed by atoms with van der Waals surface area (Å²) in [7, 11) is 0. The van der Waals surface area contributed by atoms with Crippen molar-refractivity contribution in [1.29, 1.82) is 0 Å². The number of nitrogens with one attached hydrogen (secondary N) is 2. The lowest BCUT2D eigenvalue weighted by molar-refractivity contribution is -0.118. The first-order chi connectivity index (χ1) is 6.66. The highest BCUT2D eigenvalue weighted by atomic mass is 19.1. The van der Waals surface area contributed by atoms with Crippen molar-refractivity contribution in [3.05, 3.63) is 29.3 Å². The van der Waals surface area contributed by atoms with Gasteiger partial charge in [0.1, 0.15) is 6.17 Å². The molecule has 1 aromatic heterocycles. The number of nitrogens with zero attached hydrogens (tertiary/aromatic N) is 1. The van der Waals surface area contributed by atoms with Gasteiger partial charge in [0.05, 0.1) is 6.54 Å². The number of halogens is 1. The van der Waals surface area contributed by atoms with Crippen LogP contribution in [0.2, 0.25) is 0 Å². The van der Waals surface area contributed by atoms with Crippen LogP contribution in [0.1, 0.15) is 17.4 Å². The molecule has 2 rings (SSSR count). The Kier molecular flexibility index (Phi) is 2.17. The maximum atomic E-state index is 12.7. The van der Waals surface area contributed by atoms with Crippen molar-refractivity contribution in [3.63, 3.8) is 0 Å². The summed E-state index contributed by atoms with van der Waals surface area (Å²) in [5.41, 5.74) is 1.39. The van der Waals surface area contributed by atoms with E-state index in [0.29, 0.717) is 12.2 Å². The zero-order valence-electron chi connectivity index (χ0n) is 7.67. The molecule has 74 valence electrons. The third-order valence-corrected chi connectivity index (χ3v) is 2.18. The normalized spacial score (nSPS) is 21.0. The molecule has 1 aliphatic heterocycles. The quantitative estimate of drug-likeness (QED) is 0.631. The van der Waals surface area contributed by atoms with Crippen molar-refractivity contribution in [1.82, 2.24) is 15.6 Å². The summed E-state index contributed by atoms with van der Waals surface area (Å²) < 4.78 is 12.7. The van der Waals surface area contributed by atoms with Gasteiger partial charge in [-0.2, -0.15) is 4.39 Å². The van der Waals surface area contributed by atoms with E-state index >= 15 is 0 Å². The van der Waals surface area contributed by atoms with Gasteiger partial charge in [-0.15, -0.1) is 0 Å². The molecule has 0 aromatic carbocycles. The SMILES string of the molecule is Cc1nc(F)ccc1C1NCC(=O)N1. The average molecular weight is 195 g/mol. The topological polar surface area (TPSA) is 54.0 Å². The first-order valence-electron chi connectivity index (χ1n) is 4.32. The van der Waals surface area contributed by atoms with Crippen molar-refractivity contribution in [3.8, 4) is 0 Å².